The molecular formula is C10H26N2. The Hall–Kier alpha value is -0.0800. The lowest BCUT2D eigenvalue weighted by Gasteiger charge is -2.24. The predicted octanol–water partition coefficient (Wildman–Crippen LogP) is 1.82. The minimum Gasteiger partial charge on any atom is -0.316 e. The van der Waals surface area contributed by atoms with Crippen LogP contribution in [0.25, 0.3) is 0 Å². The van der Waals surface area contributed by atoms with E-state index in [4.69, 9.17) is 0 Å². The van der Waals surface area contributed by atoms with Crippen LogP contribution in [0, 0.1) is 5.92 Å². The van der Waals surface area contributed by atoms with Crippen molar-refractivity contribution < 1.29 is 0 Å². The third-order valence-electron chi connectivity index (χ3n) is 2.07. The van der Waals surface area contributed by atoms with Crippen LogP contribution >= 0.6 is 0 Å². The first-order valence-electron chi connectivity index (χ1n) is 4.18. The molecule has 0 atom stereocenters. The van der Waals surface area contributed by atoms with Crippen LogP contribution in [0.3, 0.4) is 0 Å². The molecule has 0 amide bonds. The summed E-state index contributed by atoms with van der Waals surface area (Å²) < 4.78 is 0. The van der Waals surface area contributed by atoms with Gasteiger partial charge in [-0.25, -0.2) is 0 Å². The first kappa shape index (κ1) is 14.4. The summed E-state index contributed by atoms with van der Waals surface area (Å²) in [6.07, 6.45) is 1.41. The number of nitrogens with one attached hydrogen (secondary N) is 1. The van der Waals surface area contributed by atoms with Crippen molar-refractivity contribution >= 4 is 0 Å². The topological polar surface area (TPSA) is 15.3 Å². The molecule has 76 valence electrons. The lowest BCUT2D eigenvalue weighted by molar-refractivity contribution is 0.229. The fraction of sp³-hybridized carbons (Fsp3) is 1.00. The van der Waals surface area contributed by atoms with Crippen LogP contribution in [-0.4, -0.2) is 38.1 Å². The zero-order chi connectivity index (χ0) is 7.40. The van der Waals surface area contributed by atoms with Gasteiger partial charge in [0, 0.05) is 0 Å². The molecule has 2 heterocycles. The summed E-state index contributed by atoms with van der Waals surface area (Å²) in [6, 6.07) is 0. The zero-order valence-electron chi connectivity index (χ0n) is 7.06. The van der Waals surface area contributed by atoms with Gasteiger partial charge in [-0.3, -0.25) is 0 Å². The summed E-state index contributed by atoms with van der Waals surface area (Å²) in [5, 5.41) is 3.16. The third kappa shape index (κ3) is 5.56. The molecule has 0 saturated carbocycles. The molecule has 1 N–H and O–H groups in total. The molecular weight excluding hydrogens is 148 g/mol. The van der Waals surface area contributed by atoms with Crippen molar-refractivity contribution in [1.29, 1.82) is 0 Å². The molecule has 0 bridgehead atoms. The van der Waals surface area contributed by atoms with E-state index in [1.54, 1.807) is 0 Å². The molecule has 12 heavy (non-hydrogen) atoms. The fourth-order valence-corrected chi connectivity index (χ4v) is 0.907. The van der Waals surface area contributed by atoms with E-state index in [-0.39, 0.29) is 14.9 Å². The Labute approximate surface area is 78.3 Å². The predicted molar refractivity (Wildman–Crippen MR) is 57.6 cm³/mol. The van der Waals surface area contributed by atoms with E-state index >= 15 is 0 Å². The third-order valence-corrected chi connectivity index (χ3v) is 2.07. The van der Waals surface area contributed by atoms with Crippen molar-refractivity contribution in [2.24, 2.45) is 5.92 Å². The molecule has 2 rings (SSSR count). The second-order valence-corrected chi connectivity index (χ2v) is 3.42. The lowest BCUT2D eigenvalue weighted by atomic mass is 10.1. The van der Waals surface area contributed by atoms with Crippen molar-refractivity contribution in [2.75, 3.05) is 33.2 Å². The van der Waals surface area contributed by atoms with Crippen molar-refractivity contribution in [3.8, 4) is 0 Å². The highest BCUT2D eigenvalue weighted by atomic mass is 15.1. The Morgan fingerprint density at radius 2 is 1.50 bits per heavy atom. The van der Waals surface area contributed by atoms with Crippen LogP contribution < -0.4 is 5.32 Å². The van der Waals surface area contributed by atoms with E-state index in [2.05, 4.69) is 24.2 Å². The molecule has 0 radical (unpaired) electrons. The number of hydrogen-bond acceptors (Lipinski definition) is 2. The van der Waals surface area contributed by atoms with E-state index in [0.717, 1.165) is 5.92 Å². The summed E-state index contributed by atoms with van der Waals surface area (Å²) in [5.41, 5.74) is 0. The summed E-state index contributed by atoms with van der Waals surface area (Å²) in [5.74, 6) is 0.954. The molecule has 0 aromatic heterocycles. The Morgan fingerprint density at radius 1 is 1.17 bits per heavy atom. The van der Waals surface area contributed by atoms with Gasteiger partial charge in [-0.1, -0.05) is 21.8 Å². The SMILES string of the molecule is C.C.CC1CNC1.CN1CCC1. The van der Waals surface area contributed by atoms with Crippen LogP contribution in [0.2, 0.25) is 0 Å². The summed E-state index contributed by atoms with van der Waals surface area (Å²) in [6.45, 7) is 7.36. The van der Waals surface area contributed by atoms with Crippen LogP contribution in [0.4, 0.5) is 0 Å². The Kier molecular flexibility index (Phi) is 9.10. The molecule has 0 spiro atoms. The van der Waals surface area contributed by atoms with Crippen molar-refractivity contribution in [1.82, 2.24) is 10.2 Å². The second kappa shape index (κ2) is 7.56. The molecule has 2 fully saturated rings. The molecule has 2 saturated heterocycles. The molecule has 0 unspecified atom stereocenters. The molecule has 2 nitrogen and oxygen atoms in total. The first-order chi connectivity index (χ1) is 4.79. The highest BCUT2D eigenvalue weighted by Gasteiger charge is 2.07. The highest BCUT2D eigenvalue weighted by Crippen LogP contribution is 1.98. The van der Waals surface area contributed by atoms with Gasteiger partial charge >= 0.3 is 0 Å². The second-order valence-electron chi connectivity index (χ2n) is 3.42. The zero-order valence-corrected chi connectivity index (χ0v) is 7.06. The maximum absolute atomic E-state index is 3.16. The molecule has 2 aliphatic rings. The summed E-state index contributed by atoms with van der Waals surface area (Å²) in [4.78, 5) is 2.31. The number of hydrogen-bond donors (Lipinski definition) is 1. The van der Waals surface area contributed by atoms with Crippen molar-refractivity contribution in [2.45, 2.75) is 28.2 Å². The molecule has 0 aromatic carbocycles. The average molecular weight is 174 g/mol. The fourth-order valence-electron chi connectivity index (χ4n) is 0.907. The van der Waals surface area contributed by atoms with Gasteiger partial charge in [-0.15, -0.1) is 0 Å². The Morgan fingerprint density at radius 3 is 1.50 bits per heavy atom. The standard InChI is InChI=1S/2C4H9N.2CH4/c1-4-2-5-3-4;1-5-3-2-4-5;;/h4-5H,2-3H2,1H3;2-4H2,1H3;2*1H4. The molecule has 0 aliphatic carbocycles. The van der Waals surface area contributed by atoms with Gasteiger partial charge in [0.15, 0.2) is 0 Å². The van der Waals surface area contributed by atoms with E-state index in [9.17, 15) is 0 Å². The molecule has 2 aliphatic heterocycles. The minimum absolute atomic E-state index is 0. The maximum atomic E-state index is 3.16. The van der Waals surface area contributed by atoms with Crippen LogP contribution in [0.1, 0.15) is 28.2 Å². The molecule has 0 aromatic rings. The smallest absolute Gasteiger partial charge is 0.000959 e. The normalized spacial score (nSPS) is 21.5. The summed E-state index contributed by atoms with van der Waals surface area (Å²) >= 11 is 0. The van der Waals surface area contributed by atoms with E-state index < -0.39 is 0 Å². The minimum atomic E-state index is 0. The van der Waals surface area contributed by atoms with Gasteiger partial charge in [0.2, 0.25) is 0 Å². The van der Waals surface area contributed by atoms with Gasteiger partial charge in [-0.05, 0) is 45.6 Å². The monoisotopic (exact) mass is 174 g/mol. The van der Waals surface area contributed by atoms with E-state index in [0.29, 0.717) is 0 Å². The van der Waals surface area contributed by atoms with Gasteiger partial charge in [-0.2, -0.15) is 0 Å². The van der Waals surface area contributed by atoms with Gasteiger partial charge in [0.25, 0.3) is 0 Å². The summed E-state index contributed by atoms with van der Waals surface area (Å²) in [7, 11) is 2.14. The maximum Gasteiger partial charge on any atom is -0.000959 e. The number of likely N-dealkylation sites (tertiary alicyclic amines) is 1. The number of rotatable bonds is 0. The van der Waals surface area contributed by atoms with Crippen molar-refractivity contribution in [3.05, 3.63) is 0 Å². The van der Waals surface area contributed by atoms with Crippen LogP contribution in [-0.2, 0) is 0 Å². The van der Waals surface area contributed by atoms with E-state index in [1.807, 2.05) is 0 Å². The van der Waals surface area contributed by atoms with Crippen molar-refractivity contribution in [3.63, 3.8) is 0 Å². The van der Waals surface area contributed by atoms with Crippen LogP contribution in [0.5, 0.6) is 0 Å². The first-order valence-corrected chi connectivity index (χ1v) is 4.18. The largest absolute Gasteiger partial charge is 0.316 e. The average Bonchev–Trinajstić information content (AvgIpc) is 1.80. The highest BCUT2D eigenvalue weighted by molar-refractivity contribution is 4.68. The number of nitrogens with zero attached hydrogens (tertiary/aromatic N) is 1. The van der Waals surface area contributed by atoms with Gasteiger partial charge < -0.3 is 10.2 Å². The lowest BCUT2D eigenvalue weighted by Crippen LogP contribution is -2.39. The van der Waals surface area contributed by atoms with E-state index in [1.165, 1.54) is 32.6 Å². The van der Waals surface area contributed by atoms with Gasteiger partial charge in [0.1, 0.15) is 0 Å². The quantitative estimate of drug-likeness (QED) is 0.602. The Bertz CT molecular complexity index is 73.8. The molecule has 2 heteroatoms. The van der Waals surface area contributed by atoms with Crippen LogP contribution in [0.15, 0.2) is 0 Å². The van der Waals surface area contributed by atoms with Gasteiger partial charge in [0.05, 0.1) is 0 Å². The Balaban J connectivity index is 0.